The maximum absolute atomic E-state index is 9.37. The predicted molar refractivity (Wildman–Crippen MR) is 81.8 cm³/mol. The van der Waals surface area contributed by atoms with Crippen LogP contribution in [0.5, 0.6) is 0 Å². The van der Waals surface area contributed by atoms with Crippen molar-refractivity contribution in [1.29, 1.82) is 5.26 Å². The molecule has 0 saturated carbocycles. The Balaban J connectivity index is 1.96. The average molecular weight is 286 g/mol. The highest BCUT2D eigenvalue weighted by Gasteiger charge is 2.23. The van der Waals surface area contributed by atoms with Gasteiger partial charge >= 0.3 is 0 Å². The molecule has 0 aliphatic heterocycles. The minimum atomic E-state index is 0.729. The number of aliphatic imine (C=N–C) groups is 1. The Morgan fingerprint density at radius 3 is 3.16 bits per heavy atom. The van der Waals surface area contributed by atoms with E-state index < -0.39 is 0 Å². The van der Waals surface area contributed by atoms with Crippen molar-refractivity contribution in [2.75, 3.05) is 0 Å². The van der Waals surface area contributed by atoms with Crippen LogP contribution in [0.1, 0.15) is 34.2 Å². The van der Waals surface area contributed by atoms with Crippen molar-refractivity contribution in [2.24, 2.45) is 10.9 Å². The standard InChI is InChI=1S/C15H14N2S2/c1-10-4-5-12-13(8-16)15(19-14(12)7-10)17-9-11-3-2-6-18-11/h2-3,6,9-10H,4-5,7H2,1H3/b17-9+. The molecule has 2 heterocycles. The second-order valence-electron chi connectivity index (χ2n) is 4.92. The van der Waals surface area contributed by atoms with Gasteiger partial charge in [-0.15, -0.1) is 22.7 Å². The van der Waals surface area contributed by atoms with Gasteiger partial charge in [0.25, 0.3) is 0 Å². The Hall–Kier alpha value is -1.44. The molecule has 0 N–H and O–H groups in total. The molecule has 0 fully saturated rings. The maximum atomic E-state index is 9.37. The first-order valence-corrected chi connectivity index (χ1v) is 8.09. The molecule has 0 radical (unpaired) electrons. The number of nitriles is 1. The second-order valence-corrected chi connectivity index (χ2v) is 6.98. The van der Waals surface area contributed by atoms with Gasteiger partial charge in [0.15, 0.2) is 0 Å². The van der Waals surface area contributed by atoms with Gasteiger partial charge in [-0.3, -0.25) is 0 Å². The summed E-state index contributed by atoms with van der Waals surface area (Å²) < 4.78 is 0. The molecule has 2 aromatic heterocycles. The van der Waals surface area contributed by atoms with Gasteiger partial charge in [0.1, 0.15) is 11.1 Å². The molecule has 1 unspecified atom stereocenters. The second kappa shape index (κ2) is 5.28. The SMILES string of the molecule is CC1CCc2c(sc(/N=C/c3cccs3)c2C#N)C1. The first-order chi connectivity index (χ1) is 9.28. The van der Waals surface area contributed by atoms with E-state index in [1.54, 1.807) is 22.7 Å². The molecule has 1 aliphatic rings. The van der Waals surface area contributed by atoms with Gasteiger partial charge in [-0.1, -0.05) is 13.0 Å². The van der Waals surface area contributed by atoms with Crippen LogP contribution in [-0.2, 0) is 12.8 Å². The fourth-order valence-corrected chi connectivity index (χ4v) is 4.32. The third-order valence-corrected chi connectivity index (χ3v) is 5.43. The van der Waals surface area contributed by atoms with Crippen LogP contribution in [-0.4, -0.2) is 6.21 Å². The molecule has 0 spiro atoms. The normalized spacial score (nSPS) is 18.4. The van der Waals surface area contributed by atoms with Crippen molar-refractivity contribution in [1.82, 2.24) is 0 Å². The minimum Gasteiger partial charge on any atom is -0.243 e. The fraction of sp³-hybridized carbons (Fsp3) is 0.333. The van der Waals surface area contributed by atoms with E-state index in [0.29, 0.717) is 0 Å². The van der Waals surface area contributed by atoms with Gasteiger partial charge in [0.2, 0.25) is 0 Å². The lowest BCUT2D eigenvalue weighted by Crippen LogP contribution is -2.09. The van der Waals surface area contributed by atoms with Crippen molar-refractivity contribution in [3.05, 3.63) is 38.4 Å². The highest BCUT2D eigenvalue weighted by molar-refractivity contribution is 7.16. The van der Waals surface area contributed by atoms with Crippen LogP contribution in [0, 0.1) is 17.2 Å². The lowest BCUT2D eigenvalue weighted by molar-refractivity contribution is 0.507. The first-order valence-electron chi connectivity index (χ1n) is 6.40. The van der Waals surface area contributed by atoms with Crippen LogP contribution in [0.15, 0.2) is 22.5 Å². The van der Waals surface area contributed by atoms with Gasteiger partial charge < -0.3 is 0 Å². The predicted octanol–water partition coefficient (Wildman–Crippen LogP) is 4.56. The summed E-state index contributed by atoms with van der Waals surface area (Å²) in [4.78, 5) is 7.03. The monoisotopic (exact) mass is 286 g/mol. The number of thiophene rings is 2. The number of nitrogens with zero attached hydrogens (tertiary/aromatic N) is 2. The molecule has 2 nitrogen and oxygen atoms in total. The van der Waals surface area contributed by atoms with E-state index in [4.69, 9.17) is 0 Å². The Labute approximate surface area is 121 Å². The molecule has 1 atom stereocenters. The van der Waals surface area contributed by atoms with Crippen molar-refractivity contribution >= 4 is 33.9 Å². The van der Waals surface area contributed by atoms with Crippen LogP contribution < -0.4 is 0 Å². The molecule has 0 saturated heterocycles. The van der Waals surface area contributed by atoms with Gasteiger partial charge in [0.05, 0.1) is 5.56 Å². The van der Waals surface area contributed by atoms with Crippen LogP contribution in [0.2, 0.25) is 0 Å². The van der Waals surface area contributed by atoms with E-state index in [2.05, 4.69) is 18.0 Å². The van der Waals surface area contributed by atoms with Gasteiger partial charge in [-0.05, 0) is 42.2 Å². The third-order valence-electron chi connectivity index (χ3n) is 3.46. The maximum Gasteiger partial charge on any atom is 0.134 e. The lowest BCUT2D eigenvalue weighted by atomic mass is 9.89. The Morgan fingerprint density at radius 2 is 2.42 bits per heavy atom. The molecule has 0 amide bonds. The quantitative estimate of drug-likeness (QED) is 0.746. The van der Waals surface area contributed by atoms with Crippen LogP contribution in [0.4, 0.5) is 5.00 Å². The van der Waals surface area contributed by atoms with E-state index >= 15 is 0 Å². The average Bonchev–Trinajstić information content (AvgIpc) is 3.02. The summed E-state index contributed by atoms with van der Waals surface area (Å²) in [5.74, 6) is 0.729. The van der Waals surface area contributed by atoms with Crippen molar-refractivity contribution in [3.63, 3.8) is 0 Å². The van der Waals surface area contributed by atoms with Gasteiger partial charge in [0, 0.05) is 16.0 Å². The highest BCUT2D eigenvalue weighted by Crippen LogP contribution is 2.40. The molecular formula is C15H14N2S2. The molecule has 19 heavy (non-hydrogen) atoms. The zero-order chi connectivity index (χ0) is 13.2. The number of hydrogen-bond acceptors (Lipinski definition) is 4. The number of rotatable bonds is 2. The summed E-state index contributed by atoms with van der Waals surface area (Å²) in [6.45, 7) is 2.28. The molecule has 0 aromatic carbocycles. The van der Waals surface area contributed by atoms with Crippen LogP contribution in [0.3, 0.4) is 0 Å². The Bertz CT molecular complexity index is 644. The molecule has 4 heteroatoms. The Morgan fingerprint density at radius 1 is 1.53 bits per heavy atom. The lowest BCUT2D eigenvalue weighted by Gasteiger charge is -2.17. The van der Waals surface area contributed by atoms with Crippen LogP contribution in [0.25, 0.3) is 0 Å². The van der Waals surface area contributed by atoms with E-state index in [0.717, 1.165) is 34.2 Å². The van der Waals surface area contributed by atoms with E-state index in [-0.39, 0.29) is 0 Å². The molecular weight excluding hydrogens is 272 g/mol. The molecule has 0 bridgehead atoms. The van der Waals surface area contributed by atoms with Crippen molar-refractivity contribution < 1.29 is 0 Å². The zero-order valence-electron chi connectivity index (χ0n) is 10.7. The van der Waals surface area contributed by atoms with E-state index in [1.165, 1.54) is 16.9 Å². The molecule has 96 valence electrons. The fourth-order valence-electron chi connectivity index (χ4n) is 2.43. The number of hydrogen-bond donors (Lipinski definition) is 0. The molecule has 3 rings (SSSR count). The number of fused-ring (bicyclic) bond motifs is 1. The molecule has 2 aromatic rings. The zero-order valence-corrected chi connectivity index (χ0v) is 12.4. The first kappa shape index (κ1) is 12.6. The summed E-state index contributed by atoms with van der Waals surface area (Å²) >= 11 is 3.36. The summed E-state index contributed by atoms with van der Waals surface area (Å²) in [5.41, 5.74) is 2.06. The largest absolute Gasteiger partial charge is 0.243 e. The third kappa shape index (κ3) is 2.49. The summed E-state index contributed by atoms with van der Waals surface area (Å²) in [6.07, 6.45) is 5.19. The van der Waals surface area contributed by atoms with Gasteiger partial charge in [-0.2, -0.15) is 5.26 Å². The van der Waals surface area contributed by atoms with E-state index in [9.17, 15) is 5.26 Å². The van der Waals surface area contributed by atoms with Crippen LogP contribution >= 0.6 is 22.7 Å². The van der Waals surface area contributed by atoms with Crippen molar-refractivity contribution in [3.8, 4) is 6.07 Å². The Kier molecular flexibility index (Phi) is 3.50. The smallest absolute Gasteiger partial charge is 0.134 e. The minimum absolute atomic E-state index is 0.729. The summed E-state index contributed by atoms with van der Waals surface area (Å²) in [7, 11) is 0. The van der Waals surface area contributed by atoms with E-state index in [1.807, 2.05) is 23.7 Å². The van der Waals surface area contributed by atoms with Crippen molar-refractivity contribution in [2.45, 2.75) is 26.2 Å². The highest BCUT2D eigenvalue weighted by atomic mass is 32.1. The summed E-state index contributed by atoms with van der Waals surface area (Å²) in [6, 6.07) is 6.40. The topological polar surface area (TPSA) is 36.1 Å². The summed E-state index contributed by atoms with van der Waals surface area (Å²) in [5, 5.41) is 12.3. The molecule has 1 aliphatic carbocycles. The van der Waals surface area contributed by atoms with Gasteiger partial charge in [-0.25, -0.2) is 4.99 Å².